The van der Waals surface area contributed by atoms with E-state index in [-0.39, 0.29) is 25.2 Å². The monoisotopic (exact) mass is 247 g/mol. The minimum Gasteiger partial charge on any atom is -0.304 e. The Labute approximate surface area is 95.9 Å². The van der Waals surface area contributed by atoms with E-state index in [2.05, 4.69) is 0 Å². The first-order valence-corrected chi connectivity index (χ1v) is 5.09. The topological polar surface area (TPSA) is 39.1 Å². The molecule has 1 rings (SSSR count). The van der Waals surface area contributed by atoms with E-state index < -0.39 is 17.4 Å². The van der Waals surface area contributed by atoms with Gasteiger partial charge in [0, 0.05) is 19.0 Å². The molecule has 0 radical (unpaired) electrons. The van der Waals surface area contributed by atoms with Crippen molar-refractivity contribution in [1.82, 2.24) is 4.57 Å². The second-order valence-corrected chi connectivity index (χ2v) is 3.70. The van der Waals surface area contributed by atoms with Gasteiger partial charge in [-0.05, 0) is 19.4 Å². The fourth-order valence-corrected chi connectivity index (χ4v) is 1.48. The standard InChI is InChI=1S/C11H12F3NO2/c1-8(16)4-3-7-15-9(11(12,13)14)5-2-6-10(15)17/h2,5-6H,3-4,7H2,1H3. The number of ketones is 1. The molecule has 0 bridgehead atoms. The molecule has 1 aromatic heterocycles. The molecule has 1 heterocycles. The van der Waals surface area contributed by atoms with Crippen molar-refractivity contribution < 1.29 is 18.0 Å². The van der Waals surface area contributed by atoms with Crippen LogP contribution in [0.1, 0.15) is 25.5 Å². The van der Waals surface area contributed by atoms with Crippen molar-refractivity contribution in [1.29, 1.82) is 0 Å². The van der Waals surface area contributed by atoms with E-state index in [9.17, 15) is 22.8 Å². The average Bonchev–Trinajstić information content (AvgIpc) is 2.18. The molecule has 94 valence electrons. The number of halogens is 3. The average molecular weight is 247 g/mol. The molecule has 0 spiro atoms. The molecule has 0 amide bonds. The van der Waals surface area contributed by atoms with Gasteiger partial charge in [-0.3, -0.25) is 4.79 Å². The van der Waals surface area contributed by atoms with Crippen LogP contribution in [0.2, 0.25) is 0 Å². The van der Waals surface area contributed by atoms with Crippen LogP contribution in [-0.2, 0) is 17.5 Å². The zero-order chi connectivity index (χ0) is 13.1. The van der Waals surface area contributed by atoms with Crippen LogP contribution >= 0.6 is 0 Å². The number of nitrogens with zero attached hydrogens (tertiary/aromatic N) is 1. The highest BCUT2D eigenvalue weighted by Crippen LogP contribution is 2.28. The van der Waals surface area contributed by atoms with Crippen molar-refractivity contribution >= 4 is 5.78 Å². The molecular weight excluding hydrogens is 235 g/mol. The fourth-order valence-electron chi connectivity index (χ4n) is 1.48. The van der Waals surface area contributed by atoms with Crippen LogP contribution in [0.5, 0.6) is 0 Å². The second kappa shape index (κ2) is 5.16. The van der Waals surface area contributed by atoms with Crippen LogP contribution in [0, 0.1) is 0 Å². The summed E-state index contributed by atoms with van der Waals surface area (Å²) in [7, 11) is 0. The molecule has 0 saturated heterocycles. The molecule has 0 saturated carbocycles. The van der Waals surface area contributed by atoms with Gasteiger partial charge in [-0.25, -0.2) is 0 Å². The van der Waals surface area contributed by atoms with Crippen LogP contribution < -0.4 is 5.56 Å². The first-order chi connectivity index (χ1) is 7.82. The number of Topliss-reactive ketones (excluding diaryl/α,β-unsaturated/α-hetero) is 1. The zero-order valence-electron chi connectivity index (χ0n) is 9.25. The van der Waals surface area contributed by atoms with E-state index in [4.69, 9.17) is 0 Å². The van der Waals surface area contributed by atoms with Crippen LogP contribution in [0.3, 0.4) is 0 Å². The van der Waals surface area contributed by atoms with E-state index in [1.807, 2.05) is 0 Å². The SMILES string of the molecule is CC(=O)CCCn1c(C(F)(F)F)cccc1=O. The number of hydrogen-bond donors (Lipinski definition) is 0. The number of hydrogen-bond acceptors (Lipinski definition) is 2. The lowest BCUT2D eigenvalue weighted by molar-refractivity contribution is -0.144. The van der Waals surface area contributed by atoms with E-state index in [0.717, 1.165) is 18.2 Å². The lowest BCUT2D eigenvalue weighted by Gasteiger charge is -2.14. The molecule has 1 aromatic rings. The maximum atomic E-state index is 12.6. The molecule has 0 atom stereocenters. The highest BCUT2D eigenvalue weighted by molar-refractivity contribution is 5.75. The predicted octanol–water partition coefficient (Wildman–Crippen LogP) is 2.24. The van der Waals surface area contributed by atoms with Crippen molar-refractivity contribution in [3.05, 3.63) is 34.2 Å². The van der Waals surface area contributed by atoms with Gasteiger partial charge < -0.3 is 9.36 Å². The summed E-state index contributed by atoms with van der Waals surface area (Å²) in [5, 5.41) is 0. The number of carbonyl (C=O) groups is 1. The van der Waals surface area contributed by atoms with E-state index in [1.165, 1.54) is 6.92 Å². The van der Waals surface area contributed by atoms with E-state index >= 15 is 0 Å². The molecule has 0 aliphatic carbocycles. The van der Waals surface area contributed by atoms with Gasteiger partial charge in [-0.1, -0.05) is 6.07 Å². The fraction of sp³-hybridized carbons (Fsp3) is 0.455. The van der Waals surface area contributed by atoms with Gasteiger partial charge in [0.25, 0.3) is 5.56 Å². The van der Waals surface area contributed by atoms with Gasteiger partial charge >= 0.3 is 6.18 Å². The molecule has 0 aliphatic heterocycles. The van der Waals surface area contributed by atoms with E-state index in [1.54, 1.807) is 0 Å². The summed E-state index contributed by atoms with van der Waals surface area (Å²) in [5.41, 5.74) is -1.68. The molecule has 0 fully saturated rings. The number of aromatic nitrogens is 1. The minimum atomic E-state index is -4.56. The predicted molar refractivity (Wildman–Crippen MR) is 55.6 cm³/mol. The van der Waals surface area contributed by atoms with Gasteiger partial charge in [0.2, 0.25) is 0 Å². The van der Waals surface area contributed by atoms with Crippen LogP contribution in [-0.4, -0.2) is 10.4 Å². The maximum absolute atomic E-state index is 12.6. The molecule has 3 nitrogen and oxygen atoms in total. The molecule has 0 unspecified atom stereocenters. The van der Waals surface area contributed by atoms with Gasteiger partial charge in [-0.2, -0.15) is 13.2 Å². The van der Waals surface area contributed by atoms with Gasteiger partial charge in [0.15, 0.2) is 0 Å². The Morgan fingerprint density at radius 1 is 1.35 bits per heavy atom. The highest BCUT2D eigenvalue weighted by atomic mass is 19.4. The van der Waals surface area contributed by atoms with Crippen LogP contribution in [0.15, 0.2) is 23.0 Å². The summed E-state index contributed by atoms with van der Waals surface area (Å²) in [6.45, 7) is 1.26. The highest BCUT2D eigenvalue weighted by Gasteiger charge is 2.33. The van der Waals surface area contributed by atoms with Gasteiger partial charge in [0.05, 0.1) is 0 Å². The van der Waals surface area contributed by atoms with Gasteiger partial charge in [-0.15, -0.1) is 0 Å². The molecule has 17 heavy (non-hydrogen) atoms. The minimum absolute atomic E-state index is 0.103. The van der Waals surface area contributed by atoms with Crippen LogP contribution in [0.4, 0.5) is 13.2 Å². The Morgan fingerprint density at radius 2 is 2.00 bits per heavy atom. The quantitative estimate of drug-likeness (QED) is 0.818. The largest absolute Gasteiger partial charge is 0.431 e. The normalized spacial score (nSPS) is 11.5. The number of carbonyl (C=O) groups excluding carboxylic acids is 1. The van der Waals surface area contributed by atoms with Crippen LogP contribution in [0.25, 0.3) is 0 Å². The summed E-state index contributed by atoms with van der Waals surface area (Å²) in [5.74, 6) is -0.109. The number of pyridine rings is 1. The third kappa shape index (κ3) is 3.72. The number of rotatable bonds is 4. The van der Waals surface area contributed by atoms with Crippen molar-refractivity contribution in [2.24, 2.45) is 0 Å². The van der Waals surface area contributed by atoms with Crippen molar-refractivity contribution in [3.63, 3.8) is 0 Å². The third-order valence-electron chi connectivity index (χ3n) is 2.25. The van der Waals surface area contributed by atoms with Crippen molar-refractivity contribution in [3.8, 4) is 0 Å². The Hall–Kier alpha value is -1.59. The summed E-state index contributed by atoms with van der Waals surface area (Å²) in [6, 6.07) is 3.00. The maximum Gasteiger partial charge on any atom is 0.431 e. The first kappa shape index (κ1) is 13.5. The molecule has 0 aliphatic rings. The summed E-state index contributed by atoms with van der Waals surface area (Å²) >= 11 is 0. The smallest absolute Gasteiger partial charge is 0.304 e. The van der Waals surface area contributed by atoms with E-state index in [0.29, 0.717) is 4.57 Å². The molecule has 6 heteroatoms. The van der Waals surface area contributed by atoms with Crippen molar-refractivity contribution in [2.75, 3.05) is 0 Å². The lowest BCUT2D eigenvalue weighted by atomic mass is 10.2. The third-order valence-corrected chi connectivity index (χ3v) is 2.25. The van der Waals surface area contributed by atoms with Crippen molar-refractivity contribution in [2.45, 2.75) is 32.5 Å². The number of alkyl halides is 3. The molecular formula is C11H12F3NO2. The summed E-state index contributed by atoms with van der Waals surface area (Å²) in [6.07, 6.45) is -4.17. The Morgan fingerprint density at radius 3 is 2.53 bits per heavy atom. The Kier molecular flexibility index (Phi) is 4.09. The Bertz CT molecular complexity index is 463. The summed E-state index contributed by atoms with van der Waals surface area (Å²) in [4.78, 5) is 22.0. The zero-order valence-corrected chi connectivity index (χ0v) is 9.25. The Balaban J connectivity index is 2.97. The molecule has 0 N–H and O–H groups in total. The lowest BCUT2D eigenvalue weighted by Crippen LogP contribution is -2.27. The first-order valence-electron chi connectivity index (χ1n) is 5.09. The van der Waals surface area contributed by atoms with Gasteiger partial charge in [0.1, 0.15) is 11.5 Å². The molecule has 0 aromatic carbocycles. The summed E-state index contributed by atoms with van der Waals surface area (Å²) < 4.78 is 38.4. The second-order valence-electron chi connectivity index (χ2n) is 3.70.